The molecule has 0 aromatic heterocycles. The van der Waals surface area contributed by atoms with Crippen LogP contribution in [0.1, 0.15) is 32.6 Å². The molecule has 2 rings (SSSR count). The number of likely N-dealkylation sites (tertiary alicyclic amines) is 1. The van der Waals surface area contributed by atoms with Crippen LogP contribution in [0.25, 0.3) is 0 Å². The molecule has 0 radical (unpaired) electrons. The highest BCUT2D eigenvalue weighted by Crippen LogP contribution is 2.27. The van der Waals surface area contributed by atoms with E-state index in [9.17, 15) is 9.90 Å². The van der Waals surface area contributed by atoms with Crippen LogP contribution in [0, 0.1) is 0 Å². The molecule has 1 N–H and O–H groups in total. The van der Waals surface area contributed by atoms with Gasteiger partial charge in [0.25, 0.3) is 0 Å². The van der Waals surface area contributed by atoms with E-state index in [2.05, 4.69) is 0 Å². The Morgan fingerprint density at radius 2 is 2.40 bits per heavy atom. The summed E-state index contributed by atoms with van der Waals surface area (Å²) < 4.78 is 5.36. The number of rotatable bonds is 2. The van der Waals surface area contributed by atoms with Crippen molar-refractivity contribution in [1.82, 2.24) is 4.90 Å². The zero-order valence-corrected chi connectivity index (χ0v) is 9.24. The lowest BCUT2D eigenvalue weighted by atomic mass is 9.95. The minimum Gasteiger partial charge on any atom is -0.385 e. The average Bonchev–Trinajstić information content (AvgIpc) is 2.51. The van der Waals surface area contributed by atoms with Crippen molar-refractivity contribution >= 4 is 5.91 Å². The Balaban J connectivity index is 1.97. The maximum Gasteiger partial charge on any atom is 0.222 e. The van der Waals surface area contributed by atoms with Crippen LogP contribution in [0.2, 0.25) is 0 Å². The predicted octanol–water partition coefficient (Wildman–Crippen LogP) is 0.539. The standard InChI is InChI=1S/C11H19NO3/c1-9-11(14,5-7-15-9)8-12-6-3-2-4-10(12)13/h9,14H,2-8H2,1H3. The van der Waals surface area contributed by atoms with Crippen molar-refractivity contribution in [2.75, 3.05) is 19.7 Å². The molecule has 2 heterocycles. The van der Waals surface area contributed by atoms with Gasteiger partial charge >= 0.3 is 0 Å². The lowest BCUT2D eigenvalue weighted by molar-refractivity contribution is -0.138. The smallest absolute Gasteiger partial charge is 0.222 e. The minimum absolute atomic E-state index is 0.160. The van der Waals surface area contributed by atoms with Gasteiger partial charge in [0.2, 0.25) is 5.91 Å². The summed E-state index contributed by atoms with van der Waals surface area (Å²) in [6.45, 7) is 3.70. The molecule has 0 aromatic carbocycles. The van der Waals surface area contributed by atoms with E-state index in [0.29, 0.717) is 26.0 Å². The van der Waals surface area contributed by atoms with Crippen molar-refractivity contribution < 1.29 is 14.6 Å². The third-order valence-corrected chi connectivity index (χ3v) is 3.55. The highest BCUT2D eigenvalue weighted by Gasteiger charge is 2.42. The van der Waals surface area contributed by atoms with Gasteiger partial charge in [0.1, 0.15) is 5.60 Å². The maximum absolute atomic E-state index is 11.6. The van der Waals surface area contributed by atoms with E-state index in [1.807, 2.05) is 6.92 Å². The second-order valence-corrected chi connectivity index (χ2v) is 4.64. The van der Waals surface area contributed by atoms with E-state index in [0.717, 1.165) is 19.4 Å². The van der Waals surface area contributed by atoms with E-state index in [4.69, 9.17) is 4.74 Å². The van der Waals surface area contributed by atoms with Crippen molar-refractivity contribution in [2.24, 2.45) is 0 Å². The summed E-state index contributed by atoms with van der Waals surface area (Å²) in [6, 6.07) is 0. The first-order valence-electron chi connectivity index (χ1n) is 5.73. The molecule has 0 aliphatic carbocycles. The van der Waals surface area contributed by atoms with Crippen LogP contribution in [0.5, 0.6) is 0 Å². The van der Waals surface area contributed by atoms with Crippen molar-refractivity contribution in [2.45, 2.75) is 44.3 Å². The molecule has 15 heavy (non-hydrogen) atoms. The van der Waals surface area contributed by atoms with Gasteiger partial charge in [-0.25, -0.2) is 0 Å². The van der Waals surface area contributed by atoms with Crippen molar-refractivity contribution in [1.29, 1.82) is 0 Å². The minimum atomic E-state index is -0.826. The molecular weight excluding hydrogens is 194 g/mol. The fourth-order valence-corrected chi connectivity index (χ4v) is 2.34. The topological polar surface area (TPSA) is 49.8 Å². The molecule has 2 aliphatic heterocycles. The summed E-state index contributed by atoms with van der Waals surface area (Å²) in [5.41, 5.74) is -0.826. The van der Waals surface area contributed by atoms with Crippen LogP contribution in [0.4, 0.5) is 0 Å². The Bertz CT molecular complexity index is 256. The molecule has 0 saturated carbocycles. The SMILES string of the molecule is CC1OCCC1(O)CN1CCCCC1=O. The van der Waals surface area contributed by atoms with E-state index in [-0.39, 0.29) is 12.0 Å². The van der Waals surface area contributed by atoms with E-state index in [1.165, 1.54) is 0 Å². The average molecular weight is 213 g/mol. The third kappa shape index (κ3) is 2.16. The Morgan fingerprint density at radius 3 is 3.00 bits per heavy atom. The maximum atomic E-state index is 11.6. The quantitative estimate of drug-likeness (QED) is 0.728. The number of β-amino-alcohol motifs (C(OH)–C–C–N with tert-alkyl or cyclic N) is 1. The second kappa shape index (κ2) is 4.10. The number of aliphatic hydroxyl groups is 1. The number of hydrogen-bond acceptors (Lipinski definition) is 3. The molecule has 2 atom stereocenters. The first kappa shape index (κ1) is 10.9. The lowest BCUT2D eigenvalue weighted by Gasteiger charge is -2.35. The van der Waals surface area contributed by atoms with Crippen LogP contribution in [0.3, 0.4) is 0 Å². The van der Waals surface area contributed by atoms with Crippen molar-refractivity contribution in [3.05, 3.63) is 0 Å². The van der Waals surface area contributed by atoms with Gasteiger partial charge in [-0.3, -0.25) is 4.79 Å². The Kier molecular flexibility index (Phi) is 2.98. The molecule has 0 bridgehead atoms. The summed E-state index contributed by atoms with van der Waals surface area (Å²) >= 11 is 0. The van der Waals surface area contributed by atoms with Gasteiger partial charge in [0.15, 0.2) is 0 Å². The van der Waals surface area contributed by atoms with Crippen LogP contribution in [-0.4, -0.2) is 47.3 Å². The number of nitrogens with zero attached hydrogens (tertiary/aromatic N) is 1. The monoisotopic (exact) mass is 213 g/mol. The Morgan fingerprint density at radius 1 is 1.60 bits per heavy atom. The fourth-order valence-electron chi connectivity index (χ4n) is 2.34. The molecule has 0 spiro atoms. The normalized spacial score (nSPS) is 37.3. The fraction of sp³-hybridized carbons (Fsp3) is 0.909. The van der Waals surface area contributed by atoms with Gasteiger partial charge in [0.05, 0.1) is 12.6 Å². The van der Waals surface area contributed by atoms with Crippen LogP contribution < -0.4 is 0 Å². The van der Waals surface area contributed by atoms with E-state index < -0.39 is 5.60 Å². The second-order valence-electron chi connectivity index (χ2n) is 4.64. The molecule has 0 aromatic rings. The molecule has 2 aliphatic rings. The molecule has 2 unspecified atom stereocenters. The van der Waals surface area contributed by atoms with Crippen molar-refractivity contribution in [3.8, 4) is 0 Å². The van der Waals surface area contributed by atoms with Gasteiger partial charge in [-0.1, -0.05) is 0 Å². The van der Waals surface area contributed by atoms with Gasteiger partial charge in [-0.2, -0.15) is 0 Å². The number of piperidine rings is 1. The largest absolute Gasteiger partial charge is 0.385 e. The number of carbonyl (C=O) groups excluding carboxylic acids is 1. The lowest BCUT2D eigenvalue weighted by Crippen LogP contribution is -2.50. The summed E-state index contributed by atoms with van der Waals surface area (Å²) in [4.78, 5) is 13.4. The highest BCUT2D eigenvalue weighted by atomic mass is 16.5. The molecule has 2 saturated heterocycles. The first-order valence-corrected chi connectivity index (χ1v) is 5.73. The zero-order chi connectivity index (χ0) is 10.9. The van der Waals surface area contributed by atoms with Crippen LogP contribution in [-0.2, 0) is 9.53 Å². The number of hydrogen-bond donors (Lipinski definition) is 1. The summed E-state index contributed by atoms with van der Waals surface area (Å²) in [5.74, 6) is 0.175. The van der Waals surface area contributed by atoms with E-state index >= 15 is 0 Å². The molecule has 4 nitrogen and oxygen atoms in total. The summed E-state index contributed by atoms with van der Waals surface area (Å²) in [5, 5.41) is 10.3. The van der Waals surface area contributed by atoms with Gasteiger partial charge in [-0.15, -0.1) is 0 Å². The van der Waals surface area contributed by atoms with Crippen LogP contribution in [0.15, 0.2) is 0 Å². The highest BCUT2D eigenvalue weighted by molar-refractivity contribution is 5.76. The van der Waals surface area contributed by atoms with E-state index in [1.54, 1.807) is 4.90 Å². The molecule has 2 fully saturated rings. The third-order valence-electron chi connectivity index (χ3n) is 3.55. The Hall–Kier alpha value is -0.610. The number of amides is 1. The Labute approximate surface area is 90.2 Å². The van der Waals surface area contributed by atoms with Gasteiger partial charge < -0.3 is 14.7 Å². The molecule has 86 valence electrons. The molecular formula is C11H19NO3. The first-order chi connectivity index (χ1) is 7.12. The van der Waals surface area contributed by atoms with Gasteiger partial charge in [-0.05, 0) is 19.8 Å². The molecule has 4 heteroatoms. The van der Waals surface area contributed by atoms with Crippen LogP contribution >= 0.6 is 0 Å². The number of carbonyl (C=O) groups is 1. The zero-order valence-electron chi connectivity index (χ0n) is 9.24. The number of ether oxygens (including phenoxy) is 1. The van der Waals surface area contributed by atoms with Gasteiger partial charge in [0, 0.05) is 26.0 Å². The predicted molar refractivity (Wildman–Crippen MR) is 55.4 cm³/mol. The molecule has 1 amide bonds. The van der Waals surface area contributed by atoms with Crippen molar-refractivity contribution in [3.63, 3.8) is 0 Å². The summed E-state index contributed by atoms with van der Waals surface area (Å²) in [7, 11) is 0. The summed E-state index contributed by atoms with van der Waals surface area (Å²) in [6.07, 6.45) is 3.15.